The highest BCUT2D eigenvalue weighted by molar-refractivity contribution is 5.29. The first-order chi connectivity index (χ1) is 12.2. The van der Waals surface area contributed by atoms with Gasteiger partial charge < -0.3 is 4.90 Å². The van der Waals surface area contributed by atoms with Crippen LogP contribution in [0.3, 0.4) is 0 Å². The topological polar surface area (TPSA) is 29.0 Å². The zero-order chi connectivity index (χ0) is 19.6. The van der Waals surface area contributed by atoms with E-state index < -0.39 is 12.5 Å². The Kier molecular flexibility index (Phi) is 8.82. The van der Waals surface area contributed by atoms with Crippen molar-refractivity contribution in [1.29, 1.82) is 0 Å². The molecular formula is C20H26F3N3. The quantitative estimate of drug-likeness (QED) is 0.409. The van der Waals surface area contributed by atoms with Gasteiger partial charge in [0.2, 0.25) is 5.95 Å². The average molecular weight is 365 g/mol. The summed E-state index contributed by atoms with van der Waals surface area (Å²) in [5.74, 6) is -2.87. The minimum absolute atomic E-state index is 0.271. The van der Waals surface area contributed by atoms with E-state index in [4.69, 9.17) is 0 Å². The van der Waals surface area contributed by atoms with Crippen LogP contribution >= 0.6 is 0 Å². The molecule has 0 saturated carbocycles. The van der Waals surface area contributed by atoms with Crippen molar-refractivity contribution in [3.8, 4) is 0 Å². The summed E-state index contributed by atoms with van der Waals surface area (Å²) in [5.41, 5.74) is 1.81. The third-order valence-electron chi connectivity index (χ3n) is 3.56. The van der Waals surface area contributed by atoms with Gasteiger partial charge in [0.15, 0.2) is 0 Å². The van der Waals surface area contributed by atoms with E-state index in [0.717, 1.165) is 30.9 Å². The summed E-state index contributed by atoms with van der Waals surface area (Å²) in [5, 5.41) is 0. The fraction of sp³-hybridized carbons (Fsp3) is 0.400. The molecule has 142 valence electrons. The number of allylic oxidation sites excluding steroid dienone is 7. The summed E-state index contributed by atoms with van der Waals surface area (Å²) in [4.78, 5) is 9.58. The second kappa shape index (κ2) is 10.6. The molecule has 0 spiro atoms. The number of halogens is 3. The summed E-state index contributed by atoms with van der Waals surface area (Å²) in [6.45, 7) is 5.69. The summed E-state index contributed by atoms with van der Waals surface area (Å²) >= 11 is 0. The molecule has 1 rings (SSSR count). The maximum Gasteiger partial charge on any atom is 0.262 e. The van der Waals surface area contributed by atoms with Gasteiger partial charge in [-0.15, -0.1) is 0 Å². The highest BCUT2D eigenvalue weighted by Crippen LogP contribution is 2.16. The number of anilines is 1. The van der Waals surface area contributed by atoms with Gasteiger partial charge in [-0.2, -0.15) is 0 Å². The molecule has 1 heterocycles. The van der Waals surface area contributed by atoms with E-state index in [2.05, 4.69) is 16.5 Å². The van der Waals surface area contributed by atoms with Crippen LogP contribution in [-0.2, 0) is 6.42 Å². The Hall–Kier alpha value is -2.37. The molecule has 6 heteroatoms. The van der Waals surface area contributed by atoms with Crippen molar-refractivity contribution in [3.63, 3.8) is 0 Å². The first-order valence-electron chi connectivity index (χ1n) is 8.45. The van der Waals surface area contributed by atoms with E-state index in [0.29, 0.717) is 6.42 Å². The summed E-state index contributed by atoms with van der Waals surface area (Å²) in [6.07, 6.45) is 14.0. The molecule has 3 nitrogen and oxygen atoms in total. The van der Waals surface area contributed by atoms with Crippen LogP contribution in [0, 0.1) is 0 Å². The predicted octanol–water partition coefficient (Wildman–Crippen LogP) is 5.43. The molecule has 0 fully saturated rings. The summed E-state index contributed by atoms with van der Waals surface area (Å²) in [7, 11) is 1.54. The van der Waals surface area contributed by atoms with Crippen molar-refractivity contribution in [3.05, 3.63) is 66.3 Å². The number of nitrogens with zero attached hydrogens (tertiary/aromatic N) is 3. The van der Waals surface area contributed by atoms with Gasteiger partial charge in [-0.1, -0.05) is 24.8 Å². The molecule has 0 atom stereocenters. The third kappa shape index (κ3) is 8.65. The van der Waals surface area contributed by atoms with Crippen LogP contribution in [0.5, 0.6) is 0 Å². The molecule has 0 aromatic carbocycles. The van der Waals surface area contributed by atoms with Crippen LogP contribution in [0.25, 0.3) is 0 Å². The normalized spacial score (nSPS) is 13.3. The van der Waals surface area contributed by atoms with Gasteiger partial charge >= 0.3 is 0 Å². The molecule has 1 aromatic rings. The zero-order valence-corrected chi connectivity index (χ0v) is 15.6. The van der Waals surface area contributed by atoms with Crippen molar-refractivity contribution in [2.75, 3.05) is 18.5 Å². The molecule has 0 unspecified atom stereocenters. The molecule has 0 bridgehead atoms. The van der Waals surface area contributed by atoms with E-state index in [-0.39, 0.29) is 11.8 Å². The minimum Gasteiger partial charge on any atom is -0.338 e. The van der Waals surface area contributed by atoms with Gasteiger partial charge in [0.25, 0.3) is 5.92 Å². The van der Waals surface area contributed by atoms with Crippen molar-refractivity contribution >= 4 is 5.95 Å². The first-order valence-corrected chi connectivity index (χ1v) is 8.45. The van der Waals surface area contributed by atoms with E-state index in [1.54, 1.807) is 12.4 Å². The van der Waals surface area contributed by atoms with Crippen LogP contribution < -0.4 is 4.90 Å². The van der Waals surface area contributed by atoms with Crippen molar-refractivity contribution in [2.24, 2.45) is 0 Å². The van der Waals surface area contributed by atoms with Crippen molar-refractivity contribution in [2.45, 2.75) is 39.0 Å². The van der Waals surface area contributed by atoms with Gasteiger partial charge in [0.1, 0.15) is 5.83 Å². The first kappa shape index (κ1) is 21.7. The monoisotopic (exact) mass is 365 g/mol. The maximum absolute atomic E-state index is 13.2. The zero-order valence-electron chi connectivity index (χ0n) is 15.6. The smallest absolute Gasteiger partial charge is 0.262 e. The molecule has 0 radical (unpaired) electrons. The van der Waals surface area contributed by atoms with Gasteiger partial charge in [0.05, 0.1) is 6.54 Å². The lowest BCUT2D eigenvalue weighted by molar-refractivity contribution is 0.0307. The van der Waals surface area contributed by atoms with E-state index in [1.165, 1.54) is 24.1 Å². The maximum atomic E-state index is 13.2. The molecule has 0 aliphatic rings. The lowest BCUT2D eigenvalue weighted by Crippen LogP contribution is -2.32. The summed E-state index contributed by atoms with van der Waals surface area (Å²) < 4.78 is 39.2. The molecule has 0 N–H and O–H groups in total. The molecular weight excluding hydrogens is 339 g/mol. The molecule has 26 heavy (non-hydrogen) atoms. The van der Waals surface area contributed by atoms with Gasteiger partial charge in [-0.05, 0) is 49.5 Å². The molecule has 0 aliphatic carbocycles. The number of rotatable bonds is 10. The number of aromatic nitrogens is 2. The number of alkyl halides is 2. The SMILES string of the molecule is C=C/C(F)=C\C(=C/C)CC/C=C\Cc1cnc(N(C)CC(C)(F)F)nc1. The van der Waals surface area contributed by atoms with E-state index in [1.807, 2.05) is 25.2 Å². The van der Waals surface area contributed by atoms with Crippen LogP contribution in [-0.4, -0.2) is 29.5 Å². The van der Waals surface area contributed by atoms with Crippen LogP contribution in [0.4, 0.5) is 19.1 Å². The Morgan fingerprint density at radius 3 is 2.46 bits per heavy atom. The molecule has 0 amide bonds. The highest BCUT2D eigenvalue weighted by Gasteiger charge is 2.24. The highest BCUT2D eigenvalue weighted by atomic mass is 19.3. The van der Waals surface area contributed by atoms with E-state index >= 15 is 0 Å². The minimum atomic E-state index is -2.80. The lowest BCUT2D eigenvalue weighted by atomic mass is 10.1. The fourth-order valence-electron chi connectivity index (χ4n) is 2.26. The van der Waals surface area contributed by atoms with Gasteiger partial charge in [-0.25, -0.2) is 23.1 Å². The van der Waals surface area contributed by atoms with Crippen molar-refractivity contribution < 1.29 is 13.2 Å². The third-order valence-corrected chi connectivity index (χ3v) is 3.56. The average Bonchev–Trinajstić information content (AvgIpc) is 2.59. The Labute approximate surface area is 153 Å². The van der Waals surface area contributed by atoms with Crippen LogP contribution in [0.2, 0.25) is 0 Å². The molecule has 1 aromatic heterocycles. The second-order valence-corrected chi connectivity index (χ2v) is 6.13. The Morgan fingerprint density at radius 1 is 1.27 bits per heavy atom. The predicted molar refractivity (Wildman–Crippen MR) is 101 cm³/mol. The van der Waals surface area contributed by atoms with Crippen LogP contribution in [0.15, 0.2) is 60.8 Å². The molecule has 0 aliphatic heterocycles. The number of hydrogen-bond donors (Lipinski definition) is 0. The Morgan fingerprint density at radius 2 is 1.92 bits per heavy atom. The largest absolute Gasteiger partial charge is 0.338 e. The standard InChI is InChI=1S/C20H26F3N3/c1-5-16(12-18(21)6-2)10-8-7-9-11-17-13-24-19(25-14-17)26(4)15-20(3,22)23/h5-7,9,12-14H,2,8,10-11,15H2,1,3-4H3/b9-7-,16-5-,18-12+. The van der Waals surface area contributed by atoms with Crippen LogP contribution in [0.1, 0.15) is 32.3 Å². The van der Waals surface area contributed by atoms with Gasteiger partial charge in [-0.3, -0.25) is 0 Å². The van der Waals surface area contributed by atoms with E-state index in [9.17, 15) is 13.2 Å². The summed E-state index contributed by atoms with van der Waals surface area (Å²) in [6, 6.07) is 0. The second-order valence-electron chi connectivity index (χ2n) is 6.13. The lowest BCUT2D eigenvalue weighted by Gasteiger charge is -2.20. The Bertz CT molecular complexity index is 656. The number of hydrogen-bond acceptors (Lipinski definition) is 3. The fourth-order valence-corrected chi connectivity index (χ4v) is 2.26. The van der Waals surface area contributed by atoms with Gasteiger partial charge in [0, 0.05) is 26.4 Å². The Balaban J connectivity index is 2.48. The molecule has 0 saturated heterocycles. The van der Waals surface area contributed by atoms with Crippen molar-refractivity contribution in [1.82, 2.24) is 9.97 Å².